The molecule has 0 saturated heterocycles. The van der Waals surface area contributed by atoms with Crippen molar-refractivity contribution in [2.75, 3.05) is 11.9 Å². The van der Waals surface area contributed by atoms with Crippen molar-refractivity contribution >= 4 is 11.6 Å². The molecule has 0 spiro atoms. The van der Waals surface area contributed by atoms with E-state index < -0.39 is 5.91 Å². The number of amides is 1. The number of hydrogen-bond donors (Lipinski definition) is 2. The predicted octanol–water partition coefficient (Wildman–Crippen LogP) is 2.79. The minimum absolute atomic E-state index is 0.283. The molecule has 0 saturated carbocycles. The van der Waals surface area contributed by atoms with Gasteiger partial charge in [-0.1, -0.05) is 37.3 Å². The monoisotopic (exact) mass is 269 g/mol. The van der Waals surface area contributed by atoms with Crippen LogP contribution in [-0.4, -0.2) is 17.4 Å². The van der Waals surface area contributed by atoms with Gasteiger partial charge in [0.05, 0.1) is 0 Å². The summed E-state index contributed by atoms with van der Waals surface area (Å²) >= 11 is 0. The lowest BCUT2D eigenvalue weighted by Crippen LogP contribution is -2.13. The van der Waals surface area contributed by atoms with Gasteiger partial charge in [0, 0.05) is 18.4 Å². The Labute approximate surface area is 119 Å². The Kier molecular flexibility index (Phi) is 4.71. The Morgan fingerprint density at radius 1 is 1.30 bits per heavy atom. The molecule has 1 amide bonds. The number of carbonyl (C=O) groups excluding carboxylic acids is 1. The fourth-order valence-corrected chi connectivity index (χ4v) is 2.06. The van der Waals surface area contributed by atoms with Crippen molar-refractivity contribution in [3.05, 3.63) is 59.9 Å². The molecule has 1 heterocycles. The molecule has 2 aromatic rings. The van der Waals surface area contributed by atoms with Gasteiger partial charge in [-0.05, 0) is 30.0 Å². The molecule has 0 aliphatic heterocycles. The largest absolute Gasteiger partial charge is 0.385 e. The zero-order valence-electron chi connectivity index (χ0n) is 11.5. The molecule has 3 N–H and O–H groups in total. The molecule has 1 aromatic heterocycles. The third-order valence-corrected chi connectivity index (χ3v) is 3.29. The van der Waals surface area contributed by atoms with E-state index in [1.807, 2.05) is 12.1 Å². The lowest BCUT2D eigenvalue weighted by atomic mass is 9.98. The molecule has 2 rings (SSSR count). The van der Waals surface area contributed by atoms with Crippen molar-refractivity contribution in [2.45, 2.75) is 19.3 Å². The smallest absolute Gasteiger partial charge is 0.267 e. The second-order valence-corrected chi connectivity index (χ2v) is 4.82. The summed E-state index contributed by atoms with van der Waals surface area (Å²) in [6.07, 6.45) is 2.60. The molecule has 4 nitrogen and oxygen atoms in total. The van der Waals surface area contributed by atoms with Crippen LogP contribution in [0.25, 0.3) is 0 Å². The van der Waals surface area contributed by atoms with Crippen molar-refractivity contribution in [3.8, 4) is 0 Å². The van der Waals surface area contributed by atoms with Gasteiger partial charge in [0.2, 0.25) is 0 Å². The minimum Gasteiger partial charge on any atom is -0.385 e. The van der Waals surface area contributed by atoms with Gasteiger partial charge in [-0.25, -0.2) is 0 Å². The minimum atomic E-state index is -0.508. The van der Waals surface area contributed by atoms with Crippen LogP contribution < -0.4 is 11.1 Å². The number of anilines is 1. The maximum atomic E-state index is 11.1. The molecule has 1 atom stereocenters. The Morgan fingerprint density at radius 3 is 2.75 bits per heavy atom. The van der Waals surface area contributed by atoms with E-state index in [9.17, 15) is 4.79 Å². The number of aromatic nitrogens is 1. The summed E-state index contributed by atoms with van der Waals surface area (Å²) in [5, 5.41) is 3.29. The van der Waals surface area contributed by atoms with E-state index >= 15 is 0 Å². The Hall–Kier alpha value is -2.36. The van der Waals surface area contributed by atoms with E-state index in [-0.39, 0.29) is 5.69 Å². The van der Waals surface area contributed by atoms with Crippen molar-refractivity contribution in [3.63, 3.8) is 0 Å². The molecule has 20 heavy (non-hydrogen) atoms. The molecule has 1 unspecified atom stereocenters. The highest BCUT2D eigenvalue weighted by molar-refractivity contribution is 5.91. The highest BCUT2D eigenvalue weighted by Crippen LogP contribution is 2.18. The van der Waals surface area contributed by atoms with Crippen LogP contribution in [0.15, 0.2) is 48.7 Å². The van der Waals surface area contributed by atoms with E-state index in [0.717, 1.165) is 18.7 Å². The number of hydrogen-bond acceptors (Lipinski definition) is 3. The fourth-order valence-electron chi connectivity index (χ4n) is 2.06. The van der Waals surface area contributed by atoms with E-state index in [1.165, 1.54) is 5.56 Å². The summed E-state index contributed by atoms with van der Waals surface area (Å²) in [5.74, 6) is -0.0209. The number of nitrogens with one attached hydrogen (secondary N) is 1. The maximum Gasteiger partial charge on any atom is 0.267 e. The van der Waals surface area contributed by atoms with Crippen molar-refractivity contribution in [1.29, 1.82) is 0 Å². The summed E-state index contributed by atoms with van der Waals surface area (Å²) < 4.78 is 0. The third-order valence-electron chi connectivity index (χ3n) is 3.29. The van der Waals surface area contributed by atoms with Gasteiger partial charge >= 0.3 is 0 Å². The first-order valence-corrected chi connectivity index (χ1v) is 6.71. The van der Waals surface area contributed by atoms with Gasteiger partial charge in [0.15, 0.2) is 0 Å². The predicted molar refractivity (Wildman–Crippen MR) is 80.7 cm³/mol. The number of benzene rings is 1. The summed E-state index contributed by atoms with van der Waals surface area (Å²) in [6.45, 7) is 3.04. The highest BCUT2D eigenvalue weighted by Gasteiger charge is 2.05. The first kappa shape index (κ1) is 14.1. The van der Waals surface area contributed by atoms with Crippen LogP contribution in [-0.2, 0) is 0 Å². The third kappa shape index (κ3) is 3.82. The van der Waals surface area contributed by atoms with Crippen molar-refractivity contribution in [2.24, 2.45) is 5.73 Å². The number of primary amides is 1. The number of carbonyl (C=O) groups is 1. The van der Waals surface area contributed by atoms with E-state index in [0.29, 0.717) is 5.92 Å². The number of nitrogens with two attached hydrogens (primary N) is 1. The molecule has 0 fully saturated rings. The first-order valence-electron chi connectivity index (χ1n) is 6.71. The van der Waals surface area contributed by atoms with Crippen LogP contribution in [0.3, 0.4) is 0 Å². The van der Waals surface area contributed by atoms with Crippen molar-refractivity contribution < 1.29 is 4.79 Å². The lowest BCUT2D eigenvalue weighted by Gasteiger charge is -2.13. The second kappa shape index (κ2) is 6.70. The van der Waals surface area contributed by atoms with Gasteiger partial charge in [0.1, 0.15) is 5.69 Å². The van der Waals surface area contributed by atoms with Gasteiger partial charge in [-0.3, -0.25) is 9.78 Å². The van der Waals surface area contributed by atoms with Crippen molar-refractivity contribution in [1.82, 2.24) is 4.98 Å². The zero-order valence-corrected chi connectivity index (χ0v) is 11.5. The molecule has 0 bridgehead atoms. The summed E-state index contributed by atoms with van der Waals surface area (Å²) in [5.41, 5.74) is 7.69. The average molecular weight is 269 g/mol. The number of nitrogens with zero attached hydrogens (tertiary/aromatic N) is 1. The normalized spacial score (nSPS) is 11.8. The van der Waals surface area contributed by atoms with Gasteiger partial charge in [-0.15, -0.1) is 0 Å². The molecular weight excluding hydrogens is 250 g/mol. The molecule has 1 aromatic carbocycles. The molecule has 0 aliphatic carbocycles. The SMILES string of the molecule is CC(CCNc1ccnc(C(N)=O)c1)c1ccccc1. The molecule has 0 radical (unpaired) electrons. The standard InChI is InChI=1S/C16H19N3O/c1-12(13-5-3-2-4-6-13)7-9-18-14-8-10-19-15(11-14)16(17)20/h2-6,8,10-12H,7,9H2,1H3,(H2,17,20)(H,18,19). The zero-order chi connectivity index (χ0) is 14.4. The van der Waals surface area contributed by atoms with Crippen LogP contribution in [0.5, 0.6) is 0 Å². The summed E-state index contributed by atoms with van der Waals surface area (Å²) in [7, 11) is 0. The van der Waals surface area contributed by atoms with E-state index in [4.69, 9.17) is 5.73 Å². The van der Waals surface area contributed by atoms with Crippen LogP contribution in [0.2, 0.25) is 0 Å². The Balaban J connectivity index is 1.87. The van der Waals surface area contributed by atoms with Gasteiger partial charge in [0.25, 0.3) is 5.91 Å². The van der Waals surface area contributed by atoms with Crippen LogP contribution in [0.1, 0.15) is 35.3 Å². The molecule has 0 aliphatic rings. The van der Waals surface area contributed by atoms with E-state index in [2.05, 4.69) is 41.5 Å². The molecule has 4 heteroatoms. The summed E-state index contributed by atoms with van der Waals surface area (Å²) in [6, 6.07) is 13.9. The van der Waals surface area contributed by atoms with Crippen LogP contribution in [0, 0.1) is 0 Å². The lowest BCUT2D eigenvalue weighted by molar-refractivity contribution is 0.0995. The van der Waals surface area contributed by atoms with Crippen LogP contribution >= 0.6 is 0 Å². The highest BCUT2D eigenvalue weighted by atomic mass is 16.1. The molecular formula is C16H19N3O. The molecule has 104 valence electrons. The topological polar surface area (TPSA) is 68.0 Å². The summed E-state index contributed by atoms with van der Waals surface area (Å²) in [4.78, 5) is 15.0. The van der Waals surface area contributed by atoms with Crippen LogP contribution in [0.4, 0.5) is 5.69 Å². The fraction of sp³-hybridized carbons (Fsp3) is 0.250. The Morgan fingerprint density at radius 2 is 2.05 bits per heavy atom. The number of pyridine rings is 1. The first-order chi connectivity index (χ1) is 9.66. The van der Waals surface area contributed by atoms with E-state index in [1.54, 1.807) is 12.3 Å². The Bertz CT molecular complexity index is 569. The quantitative estimate of drug-likeness (QED) is 0.847. The second-order valence-electron chi connectivity index (χ2n) is 4.82. The van der Waals surface area contributed by atoms with Gasteiger partial charge < -0.3 is 11.1 Å². The van der Waals surface area contributed by atoms with Gasteiger partial charge in [-0.2, -0.15) is 0 Å². The maximum absolute atomic E-state index is 11.1. The number of rotatable bonds is 6. The average Bonchev–Trinajstić information content (AvgIpc) is 2.48.